The van der Waals surface area contributed by atoms with E-state index in [1.807, 2.05) is 18.2 Å². The highest BCUT2D eigenvalue weighted by atomic mass is 35.5. The van der Waals surface area contributed by atoms with Crippen LogP contribution < -0.4 is 5.32 Å². The van der Waals surface area contributed by atoms with Gasteiger partial charge in [0.05, 0.1) is 5.52 Å². The lowest BCUT2D eigenvalue weighted by Gasteiger charge is -2.17. The van der Waals surface area contributed by atoms with Gasteiger partial charge in [0.25, 0.3) is 0 Å². The molecule has 0 spiro atoms. The molecule has 0 unspecified atom stereocenters. The van der Waals surface area contributed by atoms with Crippen LogP contribution in [0.15, 0.2) is 30.6 Å². The maximum Gasteiger partial charge on any atom is 0.137 e. The fourth-order valence-electron chi connectivity index (χ4n) is 2.19. The van der Waals surface area contributed by atoms with E-state index in [0.717, 1.165) is 49.3 Å². The molecule has 1 N–H and O–H groups in total. The fraction of sp³-hybridized carbons (Fsp3) is 0.467. The van der Waals surface area contributed by atoms with Crippen LogP contribution in [-0.4, -0.2) is 41.0 Å². The molecule has 0 amide bonds. The van der Waals surface area contributed by atoms with Gasteiger partial charge in [-0.05, 0) is 38.2 Å². The molecule has 0 aliphatic carbocycles. The molecular weight excluding hydrogens is 272 g/mol. The lowest BCUT2D eigenvalue weighted by Crippen LogP contribution is -2.25. The molecule has 110 valence electrons. The minimum absolute atomic E-state index is 0. The summed E-state index contributed by atoms with van der Waals surface area (Å²) in [5, 5.41) is 4.50. The third kappa shape index (κ3) is 4.32. The summed E-state index contributed by atoms with van der Waals surface area (Å²) >= 11 is 0. The standard InChI is InChI=1S/C15H22N4.ClH/c1-3-19(4-2)11-7-10-16-15-13-8-5-6-9-14(13)17-12-18-15;/h5-6,8-9,12H,3-4,7,10-11H2,1-2H3,(H,16,17,18);1H. The number of para-hydroxylation sites is 1. The van der Waals surface area contributed by atoms with Gasteiger partial charge in [-0.2, -0.15) is 0 Å². The minimum atomic E-state index is 0. The Hall–Kier alpha value is -1.39. The van der Waals surface area contributed by atoms with Gasteiger partial charge in [0.1, 0.15) is 12.1 Å². The van der Waals surface area contributed by atoms with E-state index in [2.05, 4.69) is 40.1 Å². The maximum atomic E-state index is 4.33. The molecule has 0 aliphatic rings. The van der Waals surface area contributed by atoms with Gasteiger partial charge in [-0.3, -0.25) is 0 Å². The molecule has 0 bridgehead atoms. The van der Waals surface area contributed by atoms with Crippen molar-refractivity contribution in [3.05, 3.63) is 30.6 Å². The van der Waals surface area contributed by atoms with Crippen molar-refractivity contribution in [3.63, 3.8) is 0 Å². The molecule has 0 atom stereocenters. The number of aromatic nitrogens is 2. The van der Waals surface area contributed by atoms with E-state index in [1.165, 1.54) is 0 Å². The zero-order valence-corrected chi connectivity index (χ0v) is 13.0. The van der Waals surface area contributed by atoms with Gasteiger partial charge >= 0.3 is 0 Å². The van der Waals surface area contributed by atoms with Crippen LogP contribution in [0.25, 0.3) is 10.9 Å². The third-order valence-electron chi connectivity index (χ3n) is 3.38. The second-order valence-electron chi connectivity index (χ2n) is 4.55. The first kappa shape index (κ1) is 16.7. The van der Waals surface area contributed by atoms with Crippen LogP contribution in [0.3, 0.4) is 0 Å². The number of nitrogens with one attached hydrogen (secondary N) is 1. The van der Waals surface area contributed by atoms with Crippen molar-refractivity contribution in [3.8, 4) is 0 Å². The monoisotopic (exact) mass is 294 g/mol. The first-order valence-corrected chi connectivity index (χ1v) is 7.01. The van der Waals surface area contributed by atoms with Crippen LogP contribution >= 0.6 is 12.4 Å². The fourth-order valence-corrected chi connectivity index (χ4v) is 2.19. The Bertz CT molecular complexity index is 509. The number of hydrogen-bond donors (Lipinski definition) is 1. The van der Waals surface area contributed by atoms with Crippen molar-refractivity contribution in [1.29, 1.82) is 0 Å². The molecule has 1 aromatic heterocycles. The van der Waals surface area contributed by atoms with Crippen LogP contribution in [0, 0.1) is 0 Å². The normalized spacial score (nSPS) is 10.6. The zero-order chi connectivity index (χ0) is 13.5. The molecule has 5 heteroatoms. The number of hydrogen-bond acceptors (Lipinski definition) is 4. The summed E-state index contributed by atoms with van der Waals surface area (Å²) in [5.41, 5.74) is 0.990. The van der Waals surface area contributed by atoms with Gasteiger partial charge in [-0.15, -0.1) is 12.4 Å². The van der Waals surface area contributed by atoms with Crippen LogP contribution in [0.5, 0.6) is 0 Å². The van der Waals surface area contributed by atoms with Gasteiger partial charge in [0.2, 0.25) is 0 Å². The maximum absolute atomic E-state index is 4.33. The van der Waals surface area contributed by atoms with Gasteiger partial charge in [-0.1, -0.05) is 26.0 Å². The predicted octanol–water partition coefficient (Wildman–Crippen LogP) is 3.20. The molecular formula is C15H23ClN4. The SMILES string of the molecule is CCN(CC)CCCNc1ncnc2ccccc12.Cl. The molecule has 0 saturated carbocycles. The average molecular weight is 295 g/mol. The van der Waals surface area contributed by atoms with Gasteiger partial charge in [0.15, 0.2) is 0 Å². The van der Waals surface area contributed by atoms with Crippen molar-refractivity contribution < 1.29 is 0 Å². The van der Waals surface area contributed by atoms with Crippen LogP contribution in [0.2, 0.25) is 0 Å². The highest BCUT2D eigenvalue weighted by Gasteiger charge is 2.02. The van der Waals surface area contributed by atoms with Crippen molar-refractivity contribution >= 4 is 29.1 Å². The Morgan fingerprint density at radius 2 is 1.85 bits per heavy atom. The van der Waals surface area contributed by atoms with Crippen LogP contribution in [0.1, 0.15) is 20.3 Å². The largest absolute Gasteiger partial charge is 0.369 e. The third-order valence-corrected chi connectivity index (χ3v) is 3.38. The van der Waals surface area contributed by atoms with Crippen LogP contribution in [-0.2, 0) is 0 Å². The molecule has 4 nitrogen and oxygen atoms in total. The van der Waals surface area contributed by atoms with Crippen molar-refractivity contribution in [2.24, 2.45) is 0 Å². The zero-order valence-electron chi connectivity index (χ0n) is 12.2. The predicted molar refractivity (Wildman–Crippen MR) is 87.7 cm³/mol. The first-order valence-electron chi connectivity index (χ1n) is 7.01. The Kier molecular flexibility index (Phi) is 7.26. The number of benzene rings is 1. The number of rotatable bonds is 7. The molecule has 2 aromatic rings. The van der Waals surface area contributed by atoms with Gasteiger partial charge < -0.3 is 10.2 Å². The summed E-state index contributed by atoms with van der Waals surface area (Å²) < 4.78 is 0. The number of nitrogens with zero attached hydrogens (tertiary/aromatic N) is 3. The smallest absolute Gasteiger partial charge is 0.137 e. The second-order valence-corrected chi connectivity index (χ2v) is 4.55. The lowest BCUT2D eigenvalue weighted by atomic mass is 10.2. The van der Waals surface area contributed by atoms with Crippen molar-refractivity contribution in [2.45, 2.75) is 20.3 Å². The summed E-state index contributed by atoms with van der Waals surface area (Å²) in [6.45, 7) is 8.71. The number of anilines is 1. The van der Waals surface area contributed by atoms with Crippen molar-refractivity contribution in [1.82, 2.24) is 14.9 Å². The average Bonchev–Trinajstić information content (AvgIpc) is 2.47. The van der Waals surface area contributed by atoms with E-state index >= 15 is 0 Å². The lowest BCUT2D eigenvalue weighted by molar-refractivity contribution is 0.303. The molecule has 0 fully saturated rings. The van der Waals surface area contributed by atoms with E-state index in [0.29, 0.717) is 0 Å². The summed E-state index contributed by atoms with van der Waals surface area (Å²) in [5.74, 6) is 0.935. The Labute approximate surface area is 127 Å². The quantitative estimate of drug-likeness (QED) is 0.796. The van der Waals surface area contributed by atoms with Gasteiger partial charge in [0, 0.05) is 11.9 Å². The molecule has 20 heavy (non-hydrogen) atoms. The van der Waals surface area contributed by atoms with Crippen molar-refractivity contribution in [2.75, 3.05) is 31.5 Å². The van der Waals surface area contributed by atoms with Crippen LogP contribution in [0.4, 0.5) is 5.82 Å². The molecule has 0 aliphatic heterocycles. The molecule has 0 saturated heterocycles. The number of halogens is 1. The van der Waals surface area contributed by atoms with E-state index in [4.69, 9.17) is 0 Å². The molecule has 1 aromatic carbocycles. The van der Waals surface area contributed by atoms with Gasteiger partial charge in [-0.25, -0.2) is 9.97 Å². The topological polar surface area (TPSA) is 41.0 Å². The van der Waals surface area contributed by atoms with E-state index in [9.17, 15) is 0 Å². The first-order chi connectivity index (χ1) is 9.35. The Morgan fingerprint density at radius 1 is 1.10 bits per heavy atom. The summed E-state index contributed by atoms with van der Waals surface area (Å²) in [7, 11) is 0. The Balaban J connectivity index is 0.00000200. The number of fused-ring (bicyclic) bond motifs is 1. The molecule has 2 rings (SSSR count). The molecule has 1 heterocycles. The Morgan fingerprint density at radius 3 is 2.60 bits per heavy atom. The van der Waals surface area contributed by atoms with E-state index in [-0.39, 0.29) is 12.4 Å². The summed E-state index contributed by atoms with van der Waals surface area (Å²) in [4.78, 5) is 11.0. The molecule has 0 radical (unpaired) electrons. The summed E-state index contributed by atoms with van der Waals surface area (Å²) in [6, 6.07) is 8.09. The second kappa shape index (κ2) is 8.72. The highest BCUT2D eigenvalue weighted by molar-refractivity contribution is 5.88. The minimum Gasteiger partial charge on any atom is -0.369 e. The summed E-state index contributed by atoms with van der Waals surface area (Å²) in [6.07, 6.45) is 2.75. The van der Waals surface area contributed by atoms with E-state index in [1.54, 1.807) is 6.33 Å². The highest BCUT2D eigenvalue weighted by Crippen LogP contribution is 2.17. The van der Waals surface area contributed by atoms with E-state index < -0.39 is 0 Å².